The SMILES string of the molecule is Cc1cc(C(=O)N[C@@H](CC(=O)N2CCCC[C@@H]2C)C(=O)N[C@@H](C)C(=O)NCc2ccc(F)cc2F)no1. The van der Waals surface area contributed by atoms with Crippen LogP contribution in [0.15, 0.2) is 28.8 Å². The summed E-state index contributed by atoms with van der Waals surface area (Å²) in [4.78, 5) is 52.9. The van der Waals surface area contributed by atoms with Crippen LogP contribution >= 0.6 is 0 Å². The number of nitrogens with zero attached hydrogens (tertiary/aromatic N) is 2. The van der Waals surface area contributed by atoms with Gasteiger partial charge in [0.25, 0.3) is 5.91 Å². The second-order valence-corrected chi connectivity index (χ2v) is 9.17. The van der Waals surface area contributed by atoms with E-state index in [0.717, 1.165) is 25.3 Å². The molecule has 1 aromatic carbocycles. The molecule has 12 heteroatoms. The molecule has 200 valence electrons. The van der Waals surface area contributed by atoms with Crippen molar-refractivity contribution in [1.82, 2.24) is 26.0 Å². The lowest BCUT2D eigenvalue weighted by Gasteiger charge is -2.34. The van der Waals surface area contributed by atoms with E-state index in [0.29, 0.717) is 18.4 Å². The van der Waals surface area contributed by atoms with Crippen LogP contribution in [0.4, 0.5) is 8.78 Å². The van der Waals surface area contributed by atoms with Crippen LogP contribution < -0.4 is 16.0 Å². The number of aromatic nitrogens is 1. The molecule has 1 fully saturated rings. The minimum atomic E-state index is -1.28. The first kappa shape index (κ1) is 27.8. The minimum absolute atomic E-state index is 0.00964. The van der Waals surface area contributed by atoms with Gasteiger partial charge in [-0.25, -0.2) is 8.78 Å². The van der Waals surface area contributed by atoms with Gasteiger partial charge < -0.3 is 25.4 Å². The Morgan fingerprint density at radius 1 is 1.14 bits per heavy atom. The third-order valence-electron chi connectivity index (χ3n) is 6.20. The van der Waals surface area contributed by atoms with E-state index >= 15 is 0 Å². The highest BCUT2D eigenvalue weighted by molar-refractivity contribution is 5.98. The van der Waals surface area contributed by atoms with E-state index in [9.17, 15) is 28.0 Å². The second kappa shape index (κ2) is 12.4. The number of hydrogen-bond acceptors (Lipinski definition) is 6. The van der Waals surface area contributed by atoms with E-state index in [-0.39, 0.29) is 36.2 Å². The molecule has 2 aromatic rings. The van der Waals surface area contributed by atoms with E-state index in [1.54, 1.807) is 11.8 Å². The van der Waals surface area contributed by atoms with Crippen molar-refractivity contribution in [1.29, 1.82) is 0 Å². The highest BCUT2D eigenvalue weighted by Gasteiger charge is 2.31. The van der Waals surface area contributed by atoms with Crippen molar-refractivity contribution in [3.8, 4) is 0 Å². The summed E-state index contributed by atoms with van der Waals surface area (Å²) in [5.41, 5.74) is 0.0174. The fourth-order valence-electron chi connectivity index (χ4n) is 4.06. The highest BCUT2D eigenvalue weighted by atomic mass is 19.1. The van der Waals surface area contributed by atoms with Gasteiger partial charge in [0, 0.05) is 36.8 Å². The Bertz CT molecular complexity index is 1150. The molecule has 0 aliphatic carbocycles. The number of rotatable bonds is 9. The van der Waals surface area contributed by atoms with Gasteiger partial charge >= 0.3 is 0 Å². The van der Waals surface area contributed by atoms with Crippen LogP contribution in [-0.2, 0) is 20.9 Å². The van der Waals surface area contributed by atoms with Crippen molar-refractivity contribution >= 4 is 23.6 Å². The first-order valence-electron chi connectivity index (χ1n) is 12.1. The predicted octanol–water partition coefficient (Wildman–Crippen LogP) is 1.97. The van der Waals surface area contributed by atoms with Crippen molar-refractivity contribution in [2.75, 3.05) is 6.54 Å². The lowest BCUT2D eigenvalue weighted by Crippen LogP contribution is -2.54. The van der Waals surface area contributed by atoms with Crippen molar-refractivity contribution in [2.24, 2.45) is 0 Å². The largest absolute Gasteiger partial charge is 0.361 e. The van der Waals surface area contributed by atoms with E-state index in [1.165, 1.54) is 19.1 Å². The number of piperidine rings is 1. The van der Waals surface area contributed by atoms with Gasteiger partial charge in [-0.3, -0.25) is 19.2 Å². The lowest BCUT2D eigenvalue weighted by atomic mass is 10.0. The standard InChI is InChI=1S/C25H31F2N5O5/c1-14-6-4-5-9-32(14)22(33)12-20(30-25(36)21-10-15(2)37-31-21)24(35)29-16(3)23(34)28-13-17-7-8-18(26)11-19(17)27/h7-8,10-11,14,16,20H,4-6,9,12-13H2,1-3H3,(H,28,34)(H,29,35)(H,30,36)/t14-,16-,20-/m0/s1. The molecule has 0 radical (unpaired) electrons. The van der Waals surface area contributed by atoms with Crippen molar-refractivity contribution in [3.63, 3.8) is 0 Å². The zero-order valence-electron chi connectivity index (χ0n) is 21.0. The maximum Gasteiger partial charge on any atom is 0.274 e. The summed E-state index contributed by atoms with van der Waals surface area (Å²) < 4.78 is 31.8. The Morgan fingerprint density at radius 2 is 1.89 bits per heavy atom. The second-order valence-electron chi connectivity index (χ2n) is 9.17. The molecule has 1 aliphatic heterocycles. The van der Waals surface area contributed by atoms with Gasteiger partial charge in [0.05, 0.1) is 6.42 Å². The number of carbonyl (C=O) groups is 4. The number of halogens is 2. The van der Waals surface area contributed by atoms with Gasteiger partial charge in [-0.05, 0) is 46.1 Å². The third kappa shape index (κ3) is 7.58. The molecule has 0 unspecified atom stereocenters. The van der Waals surface area contributed by atoms with Crippen LogP contribution in [0.25, 0.3) is 0 Å². The van der Waals surface area contributed by atoms with Gasteiger partial charge in [0.1, 0.15) is 29.5 Å². The van der Waals surface area contributed by atoms with Gasteiger partial charge in [0.2, 0.25) is 17.7 Å². The first-order chi connectivity index (χ1) is 17.5. The summed E-state index contributed by atoms with van der Waals surface area (Å²) in [6.07, 6.45) is 2.39. The van der Waals surface area contributed by atoms with Crippen molar-refractivity contribution < 1.29 is 32.5 Å². The van der Waals surface area contributed by atoms with E-state index in [1.807, 2.05) is 6.92 Å². The predicted molar refractivity (Wildman–Crippen MR) is 128 cm³/mol. The zero-order chi connectivity index (χ0) is 27.1. The summed E-state index contributed by atoms with van der Waals surface area (Å²) in [5, 5.41) is 11.1. The molecule has 1 saturated heterocycles. The van der Waals surface area contributed by atoms with Crippen LogP contribution in [0, 0.1) is 18.6 Å². The number of amides is 4. The van der Waals surface area contributed by atoms with Gasteiger partial charge in [-0.1, -0.05) is 11.2 Å². The lowest BCUT2D eigenvalue weighted by molar-refractivity contribution is -0.137. The molecule has 37 heavy (non-hydrogen) atoms. The molecule has 1 aliphatic rings. The molecule has 0 spiro atoms. The number of likely N-dealkylation sites (tertiary alicyclic amines) is 1. The van der Waals surface area contributed by atoms with E-state index < -0.39 is 41.4 Å². The summed E-state index contributed by atoms with van der Waals surface area (Å²) in [5.74, 6) is -3.54. The maximum atomic E-state index is 13.8. The number of nitrogens with one attached hydrogen (secondary N) is 3. The van der Waals surface area contributed by atoms with Crippen LogP contribution in [0.1, 0.15) is 61.3 Å². The molecule has 3 N–H and O–H groups in total. The monoisotopic (exact) mass is 519 g/mol. The number of aryl methyl sites for hydroxylation is 1. The Kier molecular flexibility index (Phi) is 9.31. The van der Waals surface area contributed by atoms with Crippen molar-refractivity contribution in [3.05, 3.63) is 52.9 Å². The summed E-state index contributed by atoms with van der Waals surface area (Å²) in [6.45, 7) is 5.28. The molecule has 3 atom stereocenters. The zero-order valence-corrected chi connectivity index (χ0v) is 21.0. The first-order valence-corrected chi connectivity index (χ1v) is 12.1. The maximum absolute atomic E-state index is 13.8. The third-order valence-corrected chi connectivity index (χ3v) is 6.20. The van der Waals surface area contributed by atoms with Gasteiger partial charge in [-0.2, -0.15) is 0 Å². The Labute approximate surface area is 213 Å². The van der Waals surface area contributed by atoms with Crippen LogP contribution in [0.5, 0.6) is 0 Å². The fraction of sp³-hybridized carbons (Fsp3) is 0.480. The fourth-order valence-corrected chi connectivity index (χ4v) is 4.06. The minimum Gasteiger partial charge on any atom is -0.361 e. The smallest absolute Gasteiger partial charge is 0.274 e. The molecular formula is C25H31F2N5O5. The topological polar surface area (TPSA) is 134 Å². The van der Waals surface area contributed by atoms with E-state index in [2.05, 4.69) is 21.1 Å². The number of benzene rings is 1. The summed E-state index contributed by atoms with van der Waals surface area (Å²) >= 11 is 0. The normalized spacial score (nSPS) is 17.0. The summed E-state index contributed by atoms with van der Waals surface area (Å²) in [6, 6.07) is 2.03. The highest BCUT2D eigenvalue weighted by Crippen LogP contribution is 2.18. The molecule has 10 nitrogen and oxygen atoms in total. The molecular weight excluding hydrogens is 488 g/mol. The van der Waals surface area contributed by atoms with Gasteiger partial charge in [-0.15, -0.1) is 0 Å². The van der Waals surface area contributed by atoms with E-state index in [4.69, 9.17) is 4.52 Å². The Morgan fingerprint density at radius 3 is 2.54 bits per heavy atom. The molecule has 0 bridgehead atoms. The molecule has 4 amide bonds. The molecule has 1 aromatic heterocycles. The Hall–Kier alpha value is -3.83. The summed E-state index contributed by atoms with van der Waals surface area (Å²) in [7, 11) is 0. The number of carbonyl (C=O) groups excluding carboxylic acids is 4. The molecule has 2 heterocycles. The van der Waals surface area contributed by atoms with Crippen LogP contribution in [0.3, 0.4) is 0 Å². The van der Waals surface area contributed by atoms with Crippen LogP contribution in [0.2, 0.25) is 0 Å². The van der Waals surface area contributed by atoms with Gasteiger partial charge in [0.15, 0.2) is 5.69 Å². The average Bonchev–Trinajstić information content (AvgIpc) is 3.29. The molecule has 3 rings (SSSR count). The Balaban J connectivity index is 1.65. The van der Waals surface area contributed by atoms with Crippen LogP contribution in [-0.4, -0.2) is 58.4 Å². The van der Waals surface area contributed by atoms with Crippen molar-refractivity contribution in [2.45, 2.75) is 71.1 Å². The average molecular weight is 520 g/mol. The number of hydrogen-bond donors (Lipinski definition) is 3. The quantitative estimate of drug-likeness (QED) is 0.464. The molecule has 0 saturated carbocycles.